The molecule has 2 unspecified atom stereocenters. The van der Waals surface area contributed by atoms with Gasteiger partial charge in [-0.3, -0.25) is 9.13 Å². The number of halogens is 6. The van der Waals surface area contributed by atoms with Gasteiger partial charge in [-0.15, -0.1) is 0 Å². The molecule has 0 radical (unpaired) electrons. The quantitative estimate of drug-likeness (QED) is 0.0823. The second-order valence-corrected chi connectivity index (χ2v) is 18.8. The Hall–Kier alpha value is -5.69. The number of alkyl halides is 6. The van der Waals surface area contributed by atoms with Crippen LogP contribution in [0.3, 0.4) is 0 Å². The number of rotatable bonds is 10. The van der Waals surface area contributed by atoms with Crippen molar-refractivity contribution in [2.45, 2.75) is 46.2 Å². The summed E-state index contributed by atoms with van der Waals surface area (Å²) in [6, 6.07) is 22.2. The second-order valence-electron chi connectivity index (χ2n) is 14.2. The van der Waals surface area contributed by atoms with Crippen LogP contribution in [0.15, 0.2) is 102 Å². The van der Waals surface area contributed by atoms with Gasteiger partial charge in [0.15, 0.2) is 0 Å². The van der Waals surface area contributed by atoms with Crippen molar-refractivity contribution in [3.05, 3.63) is 147 Å². The summed E-state index contributed by atoms with van der Waals surface area (Å²) < 4.78 is 112. The fourth-order valence-corrected chi connectivity index (χ4v) is 8.38. The summed E-state index contributed by atoms with van der Waals surface area (Å²) in [4.78, 5) is 14.1. The third-order valence-electron chi connectivity index (χ3n) is 9.19. The van der Waals surface area contributed by atoms with Crippen LogP contribution in [-0.2, 0) is 39.1 Å². The van der Waals surface area contributed by atoms with Crippen molar-refractivity contribution >= 4 is 48.8 Å². The molecule has 17 heteroatoms. The molecule has 0 aliphatic rings. The van der Waals surface area contributed by atoms with Gasteiger partial charge in [-0.2, -0.15) is 36.9 Å². The van der Waals surface area contributed by atoms with Gasteiger partial charge in [-0.05, 0) is 86.5 Å². The maximum Gasteiger partial charge on any atom is 0.416 e. The fraction of sp³-hybridized carbons (Fsp3) is 0.233. The first-order chi connectivity index (χ1) is 28.0. The fourth-order valence-electron chi connectivity index (χ4n) is 6.63. The van der Waals surface area contributed by atoms with E-state index in [-0.39, 0.29) is 30.3 Å². The summed E-state index contributed by atoms with van der Waals surface area (Å²) in [6.45, 7) is 7.93. The Morgan fingerprint density at radius 3 is 1.80 bits per heavy atom. The Bertz CT molecular complexity index is 2820. The van der Waals surface area contributed by atoms with Gasteiger partial charge in [0.25, 0.3) is 0 Å². The lowest BCUT2D eigenvalue weighted by Crippen LogP contribution is -2.07. The minimum atomic E-state index is -4.44. The number of aryl methyl sites for hydroxylation is 2. The molecule has 2 atom stereocenters. The highest BCUT2D eigenvalue weighted by atomic mass is 31.2. The minimum Gasteiger partial charge on any atom is -0.342 e. The zero-order valence-corrected chi connectivity index (χ0v) is 34.8. The van der Waals surface area contributed by atoms with E-state index in [1.54, 1.807) is 97.0 Å². The molecule has 3 heterocycles. The van der Waals surface area contributed by atoms with Crippen LogP contribution in [0.4, 0.5) is 26.3 Å². The molecule has 3 aromatic carbocycles. The summed E-state index contributed by atoms with van der Waals surface area (Å²) in [5, 5.41) is 19.9. The molecule has 9 nitrogen and oxygen atoms in total. The maximum absolute atomic E-state index is 13.2. The number of para-hydroxylation sites is 1. The molecule has 0 spiro atoms. The molecule has 0 saturated heterocycles. The standard InChI is InChI=1S/C22H21F3N3O2P.C21H18F3N2O2P/c1-4-30-31(3,29)19(12-26)11-17-14-28(21-20(17)6-5-7-27-21)13-16-8-15(2)9-18(10-16)22(23,24)25;1-14-7-15(9-17(8-14)21(22,23)24)12-26-13-16(10-18(11-25)29(2,27)28)19-5-3-4-6-20(19)26/h5-11,14H,4,13H2,1-3H3;3-10,13H,12H2,1-2H3,(H,27,28)/b19-11+;18-10+. The van der Waals surface area contributed by atoms with Crippen LogP contribution in [0, 0.1) is 36.5 Å². The Morgan fingerprint density at radius 2 is 1.27 bits per heavy atom. The van der Waals surface area contributed by atoms with Crippen LogP contribution >= 0.6 is 14.7 Å². The van der Waals surface area contributed by atoms with Crippen LogP contribution in [0.25, 0.3) is 34.1 Å². The van der Waals surface area contributed by atoms with Crippen molar-refractivity contribution in [3.8, 4) is 12.1 Å². The third-order valence-corrected chi connectivity index (χ3v) is 12.2. The van der Waals surface area contributed by atoms with E-state index in [1.807, 2.05) is 12.1 Å². The summed E-state index contributed by atoms with van der Waals surface area (Å²) in [5.74, 6) is 0. The Labute approximate surface area is 342 Å². The molecule has 0 aliphatic heterocycles. The minimum absolute atomic E-state index is 0.00664. The van der Waals surface area contributed by atoms with Crippen molar-refractivity contribution in [2.24, 2.45) is 0 Å². The van der Waals surface area contributed by atoms with E-state index in [0.717, 1.165) is 41.8 Å². The zero-order chi connectivity index (χ0) is 44.2. The summed E-state index contributed by atoms with van der Waals surface area (Å²) >= 11 is 0. The molecule has 0 bridgehead atoms. The number of benzene rings is 3. The van der Waals surface area contributed by atoms with Crippen LogP contribution < -0.4 is 0 Å². The van der Waals surface area contributed by atoms with E-state index in [2.05, 4.69) is 4.98 Å². The molecule has 6 rings (SSSR count). The maximum atomic E-state index is 13.2. The predicted molar refractivity (Wildman–Crippen MR) is 220 cm³/mol. The van der Waals surface area contributed by atoms with Crippen molar-refractivity contribution in [1.82, 2.24) is 14.1 Å². The Morgan fingerprint density at radius 1 is 0.767 bits per heavy atom. The lowest BCUT2D eigenvalue weighted by Gasteiger charge is -2.12. The highest BCUT2D eigenvalue weighted by Gasteiger charge is 2.32. The van der Waals surface area contributed by atoms with E-state index < -0.39 is 38.2 Å². The molecular formula is C43H39F6N5O4P2. The first-order valence-corrected chi connectivity index (χ1v) is 22.4. The van der Waals surface area contributed by atoms with Crippen LogP contribution in [-0.4, -0.2) is 38.9 Å². The smallest absolute Gasteiger partial charge is 0.342 e. The molecule has 60 heavy (non-hydrogen) atoms. The number of aromatic nitrogens is 3. The van der Waals surface area contributed by atoms with Gasteiger partial charge in [0.2, 0.25) is 14.7 Å². The molecule has 0 saturated carbocycles. The van der Waals surface area contributed by atoms with E-state index in [1.165, 1.54) is 18.8 Å². The number of hydrogen-bond donors (Lipinski definition) is 1. The highest BCUT2D eigenvalue weighted by Crippen LogP contribution is 2.52. The van der Waals surface area contributed by atoms with Gasteiger partial charge < -0.3 is 18.6 Å². The largest absolute Gasteiger partial charge is 0.416 e. The number of allylic oxidation sites excluding steroid dienone is 2. The topological polar surface area (TPSA) is 134 Å². The van der Waals surface area contributed by atoms with E-state index in [4.69, 9.17) is 4.52 Å². The third kappa shape index (κ3) is 10.9. The Balaban J connectivity index is 0.000000228. The van der Waals surface area contributed by atoms with Gasteiger partial charge in [-0.1, -0.05) is 41.5 Å². The zero-order valence-electron chi connectivity index (χ0n) is 33.0. The van der Waals surface area contributed by atoms with E-state index >= 15 is 0 Å². The van der Waals surface area contributed by atoms with E-state index in [9.17, 15) is 50.9 Å². The van der Waals surface area contributed by atoms with Crippen LogP contribution in [0.5, 0.6) is 0 Å². The first-order valence-electron chi connectivity index (χ1n) is 18.2. The predicted octanol–water partition coefficient (Wildman–Crippen LogP) is 12.0. The van der Waals surface area contributed by atoms with Gasteiger partial charge >= 0.3 is 12.4 Å². The van der Waals surface area contributed by atoms with Crippen molar-refractivity contribution in [2.75, 3.05) is 19.9 Å². The normalized spacial score (nSPS) is 14.5. The summed E-state index contributed by atoms with van der Waals surface area (Å²) in [5.41, 5.74) is 2.99. The number of hydrogen-bond acceptors (Lipinski definition) is 6. The number of fused-ring (bicyclic) bond motifs is 2. The first kappa shape index (κ1) is 45.4. The van der Waals surface area contributed by atoms with Gasteiger partial charge in [0.1, 0.15) is 28.4 Å². The average Bonchev–Trinajstić information content (AvgIpc) is 3.68. The molecule has 0 aliphatic carbocycles. The van der Waals surface area contributed by atoms with Crippen molar-refractivity contribution < 1.29 is 44.9 Å². The highest BCUT2D eigenvalue weighted by molar-refractivity contribution is 7.63. The number of pyridine rings is 1. The average molecular weight is 866 g/mol. The van der Waals surface area contributed by atoms with Crippen molar-refractivity contribution in [3.63, 3.8) is 0 Å². The molecule has 3 aromatic heterocycles. The number of nitriles is 2. The molecule has 6 aromatic rings. The van der Waals surface area contributed by atoms with Gasteiger partial charge in [0.05, 0.1) is 17.7 Å². The molecule has 0 amide bonds. The van der Waals surface area contributed by atoms with Gasteiger partial charge in [0, 0.05) is 72.4 Å². The summed E-state index contributed by atoms with van der Waals surface area (Å²) in [7, 11) is -7.03. The van der Waals surface area contributed by atoms with Crippen molar-refractivity contribution in [1.29, 1.82) is 10.5 Å². The van der Waals surface area contributed by atoms with Gasteiger partial charge in [-0.25, -0.2) is 4.98 Å². The van der Waals surface area contributed by atoms with E-state index in [0.29, 0.717) is 44.4 Å². The molecule has 312 valence electrons. The lowest BCUT2D eigenvalue weighted by molar-refractivity contribution is -0.138. The van der Waals surface area contributed by atoms with Crippen LogP contribution in [0.2, 0.25) is 0 Å². The molecule has 0 fully saturated rings. The summed E-state index contributed by atoms with van der Waals surface area (Å²) in [6.07, 6.45) is -1.07. The monoisotopic (exact) mass is 865 g/mol. The lowest BCUT2D eigenvalue weighted by atomic mass is 10.1. The SMILES string of the molecule is CCOP(C)(=O)/C(C#N)=C/c1cn(Cc2cc(C)cc(C(F)(F)F)c2)c2ncccc12.Cc1cc(Cn2cc(/C=C(\C#N)P(C)(=O)O)c3ccccc32)cc(C(F)(F)F)c1. The Kier molecular flexibility index (Phi) is 13.5. The van der Waals surface area contributed by atoms with Crippen LogP contribution in [0.1, 0.15) is 51.4 Å². The molecule has 1 N–H and O–H groups in total. The number of nitrogens with zero attached hydrogens (tertiary/aromatic N) is 5. The molecular weight excluding hydrogens is 826 g/mol. The second kappa shape index (κ2) is 17.9.